The largest absolute Gasteiger partial charge is 0.356 e. The average molecular weight is 414 g/mol. The van der Waals surface area contributed by atoms with Crippen LogP contribution in [0.3, 0.4) is 0 Å². The van der Waals surface area contributed by atoms with Crippen LogP contribution in [0.5, 0.6) is 0 Å². The fraction of sp³-hybridized carbons (Fsp3) is 0.381. The predicted molar refractivity (Wildman–Crippen MR) is 116 cm³/mol. The fourth-order valence-electron chi connectivity index (χ4n) is 3.64. The molecule has 1 amide bonds. The van der Waals surface area contributed by atoms with Crippen LogP contribution in [0.25, 0.3) is 15.9 Å². The molecule has 146 valence electrons. The van der Waals surface area contributed by atoms with Gasteiger partial charge < -0.3 is 5.32 Å². The van der Waals surface area contributed by atoms with Crippen molar-refractivity contribution in [2.75, 3.05) is 12.3 Å². The molecule has 0 bridgehead atoms. The summed E-state index contributed by atoms with van der Waals surface area (Å²) in [6.45, 7) is 4.32. The molecule has 5 nitrogen and oxygen atoms in total. The van der Waals surface area contributed by atoms with Gasteiger partial charge in [0.1, 0.15) is 4.83 Å². The smallest absolute Gasteiger partial charge is 0.267 e. The highest BCUT2D eigenvalue weighted by molar-refractivity contribution is 7.99. The van der Waals surface area contributed by atoms with Gasteiger partial charge in [-0.2, -0.15) is 0 Å². The van der Waals surface area contributed by atoms with Gasteiger partial charge >= 0.3 is 0 Å². The minimum absolute atomic E-state index is 0.0188. The zero-order chi connectivity index (χ0) is 19.7. The second-order valence-corrected chi connectivity index (χ2v) is 9.38. The first-order valence-electron chi connectivity index (χ1n) is 9.54. The third-order valence-electron chi connectivity index (χ3n) is 5.02. The van der Waals surface area contributed by atoms with E-state index < -0.39 is 0 Å². The minimum Gasteiger partial charge on any atom is -0.356 e. The van der Waals surface area contributed by atoms with Crippen molar-refractivity contribution >= 4 is 39.2 Å². The fourth-order valence-corrected chi connectivity index (χ4v) is 5.93. The highest BCUT2D eigenvalue weighted by Crippen LogP contribution is 2.36. The predicted octanol–water partition coefficient (Wildman–Crippen LogP) is 3.80. The number of thiophene rings is 1. The Morgan fingerprint density at radius 2 is 2.14 bits per heavy atom. The quantitative estimate of drug-likeness (QED) is 0.393. The van der Waals surface area contributed by atoms with Gasteiger partial charge in [0.2, 0.25) is 5.91 Å². The highest BCUT2D eigenvalue weighted by atomic mass is 32.2. The number of aryl methyl sites for hydroxylation is 1. The molecule has 2 heterocycles. The number of thioether (sulfide) groups is 1. The number of nitrogens with zero attached hydrogens (tertiary/aromatic N) is 2. The molecule has 2 aromatic heterocycles. The van der Waals surface area contributed by atoms with Gasteiger partial charge in [0, 0.05) is 24.1 Å². The molecular weight excluding hydrogens is 390 g/mol. The van der Waals surface area contributed by atoms with Crippen molar-refractivity contribution in [3.8, 4) is 5.69 Å². The van der Waals surface area contributed by atoms with E-state index >= 15 is 0 Å². The second-order valence-electron chi connectivity index (χ2n) is 7.23. The summed E-state index contributed by atoms with van der Waals surface area (Å²) < 4.78 is 1.73. The zero-order valence-electron chi connectivity index (χ0n) is 16.0. The maximum absolute atomic E-state index is 13.6. The van der Waals surface area contributed by atoms with Crippen molar-refractivity contribution in [2.24, 2.45) is 5.92 Å². The number of carbonyl (C=O) groups is 1. The SMILES string of the molecule is CC(=O)NCCSc1nc2sc3c(c2c(=O)n1-c1ccccc1)CC[C@H](C)C3. The number of para-hydroxylation sites is 1. The summed E-state index contributed by atoms with van der Waals surface area (Å²) in [7, 11) is 0. The van der Waals surface area contributed by atoms with E-state index in [2.05, 4.69) is 12.2 Å². The normalized spacial score (nSPS) is 16.1. The van der Waals surface area contributed by atoms with Gasteiger partial charge in [0.15, 0.2) is 5.16 Å². The molecule has 0 saturated carbocycles. The molecule has 0 unspecified atom stereocenters. The molecule has 0 aliphatic heterocycles. The lowest BCUT2D eigenvalue weighted by Crippen LogP contribution is -2.24. The number of benzene rings is 1. The van der Waals surface area contributed by atoms with Crippen molar-refractivity contribution in [3.05, 3.63) is 51.1 Å². The van der Waals surface area contributed by atoms with Gasteiger partial charge in [-0.15, -0.1) is 11.3 Å². The molecule has 1 atom stereocenters. The molecule has 1 aromatic carbocycles. The average Bonchev–Trinajstić information content (AvgIpc) is 3.03. The van der Waals surface area contributed by atoms with Crippen LogP contribution in [0.4, 0.5) is 0 Å². The Morgan fingerprint density at radius 1 is 1.36 bits per heavy atom. The Hall–Kier alpha value is -2.12. The summed E-state index contributed by atoms with van der Waals surface area (Å²) in [5.74, 6) is 1.26. The maximum atomic E-state index is 13.6. The van der Waals surface area contributed by atoms with E-state index in [9.17, 15) is 9.59 Å². The van der Waals surface area contributed by atoms with Crippen molar-refractivity contribution < 1.29 is 4.79 Å². The number of carbonyl (C=O) groups excluding carboxylic acids is 1. The van der Waals surface area contributed by atoms with Gasteiger partial charge in [0.05, 0.1) is 11.1 Å². The first kappa shape index (κ1) is 19.2. The van der Waals surface area contributed by atoms with Gasteiger partial charge in [0.25, 0.3) is 5.56 Å². The van der Waals surface area contributed by atoms with Gasteiger partial charge in [-0.1, -0.05) is 36.9 Å². The summed E-state index contributed by atoms with van der Waals surface area (Å²) in [6.07, 6.45) is 3.11. The third-order valence-corrected chi connectivity index (χ3v) is 7.11. The molecule has 28 heavy (non-hydrogen) atoms. The van der Waals surface area contributed by atoms with Crippen LogP contribution >= 0.6 is 23.1 Å². The van der Waals surface area contributed by atoms with Crippen LogP contribution in [0.15, 0.2) is 40.3 Å². The standard InChI is InChI=1S/C21H23N3O2S2/c1-13-8-9-16-17(12-13)28-19-18(16)20(26)24(15-6-4-3-5-7-15)21(23-19)27-11-10-22-14(2)25/h3-7,13H,8-12H2,1-2H3,(H,22,25)/t13-/m0/s1. The van der Waals surface area contributed by atoms with Crippen molar-refractivity contribution in [1.82, 2.24) is 14.9 Å². The van der Waals surface area contributed by atoms with Crippen LogP contribution in [0.1, 0.15) is 30.7 Å². The molecule has 1 N–H and O–H groups in total. The zero-order valence-corrected chi connectivity index (χ0v) is 17.7. The van der Waals surface area contributed by atoms with Crippen LogP contribution in [-0.2, 0) is 17.6 Å². The molecule has 4 rings (SSSR count). The Morgan fingerprint density at radius 3 is 2.89 bits per heavy atom. The lowest BCUT2D eigenvalue weighted by atomic mass is 9.89. The molecular formula is C21H23N3O2S2. The van der Waals surface area contributed by atoms with E-state index in [1.54, 1.807) is 15.9 Å². The van der Waals surface area contributed by atoms with E-state index in [4.69, 9.17) is 4.98 Å². The summed E-state index contributed by atoms with van der Waals surface area (Å²) in [6, 6.07) is 9.68. The van der Waals surface area contributed by atoms with Gasteiger partial charge in [-0.05, 0) is 42.9 Å². The number of hydrogen-bond acceptors (Lipinski definition) is 5. The van der Waals surface area contributed by atoms with Crippen molar-refractivity contribution in [2.45, 2.75) is 38.3 Å². The summed E-state index contributed by atoms with van der Waals surface area (Å²) >= 11 is 3.18. The number of amides is 1. The lowest BCUT2D eigenvalue weighted by Gasteiger charge is -2.17. The molecule has 3 aromatic rings. The van der Waals surface area contributed by atoms with E-state index in [0.717, 1.165) is 35.2 Å². The monoisotopic (exact) mass is 413 g/mol. The first-order chi connectivity index (χ1) is 13.5. The molecule has 7 heteroatoms. The van der Waals surface area contributed by atoms with Crippen molar-refractivity contribution in [3.63, 3.8) is 0 Å². The van der Waals surface area contributed by atoms with Crippen LogP contribution in [-0.4, -0.2) is 27.8 Å². The first-order valence-corrected chi connectivity index (χ1v) is 11.3. The summed E-state index contributed by atoms with van der Waals surface area (Å²) in [5.41, 5.74) is 2.05. The van der Waals surface area contributed by atoms with E-state index in [-0.39, 0.29) is 11.5 Å². The van der Waals surface area contributed by atoms with Crippen LogP contribution < -0.4 is 10.9 Å². The third kappa shape index (κ3) is 3.73. The number of fused-ring (bicyclic) bond motifs is 3. The molecule has 0 fully saturated rings. The molecule has 1 aliphatic carbocycles. The molecule has 0 radical (unpaired) electrons. The van der Waals surface area contributed by atoms with Crippen LogP contribution in [0, 0.1) is 5.92 Å². The molecule has 1 aliphatic rings. The lowest BCUT2D eigenvalue weighted by molar-refractivity contribution is -0.118. The highest BCUT2D eigenvalue weighted by Gasteiger charge is 2.25. The van der Waals surface area contributed by atoms with E-state index in [1.165, 1.54) is 29.1 Å². The maximum Gasteiger partial charge on any atom is 0.267 e. The van der Waals surface area contributed by atoms with Gasteiger partial charge in [-0.25, -0.2) is 4.98 Å². The Balaban J connectivity index is 1.82. The van der Waals surface area contributed by atoms with E-state index in [0.29, 0.717) is 23.4 Å². The van der Waals surface area contributed by atoms with Crippen LogP contribution in [0.2, 0.25) is 0 Å². The number of rotatable bonds is 5. The molecule has 0 spiro atoms. The summed E-state index contributed by atoms with van der Waals surface area (Å²) in [4.78, 5) is 31.7. The Labute approximate surface area is 172 Å². The summed E-state index contributed by atoms with van der Waals surface area (Å²) in [5, 5.41) is 4.27. The van der Waals surface area contributed by atoms with Gasteiger partial charge in [-0.3, -0.25) is 14.2 Å². The minimum atomic E-state index is -0.0514. The van der Waals surface area contributed by atoms with Crippen molar-refractivity contribution in [1.29, 1.82) is 0 Å². The molecule has 0 saturated heterocycles. The number of aromatic nitrogens is 2. The Bertz CT molecular complexity index is 1070. The Kier molecular flexibility index (Phi) is 5.55. The second kappa shape index (κ2) is 8.09. The van der Waals surface area contributed by atoms with E-state index in [1.807, 2.05) is 30.3 Å². The number of nitrogens with one attached hydrogen (secondary N) is 1. The number of hydrogen-bond donors (Lipinski definition) is 1. The topological polar surface area (TPSA) is 64.0 Å².